The van der Waals surface area contributed by atoms with Gasteiger partial charge in [0.1, 0.15) is 12.2 Å². The van der Waals surface area contributed by atoms with Crippen molar-refractivity contribution in [2.45, 2.75) is 57.6 Å². The van der Waals surface area contributed by atoms with Crippen LogP contribution in [0.1, 0.15) is 42.4 Å². The minimum atomic E-state index is -3.98. The fourth-order valence-electron chi connectivity index (χ4n) is 4.16. The molecule has 0 saturated carbocycles. The van der Waals surface area contributed by atoms with Crippen LogP contribution in [-0.2, 0) is 32.6 Å². The largest absolute Gasteiger partial charge is 0.453 e. The Morgan fingerprint density at radius 2 is 1.79 bits per heavy atom. The van der Waals surface area contributed by atoms with Gasteiger partial charge < -0.3 is 33.1 Å². The Kier molecular flexibility index (Phi) is 11.2. The van der Waals surface area contributed by atoms with Crippen molar-refractivity contribution in [1.29, 1.82) is 0 Å². The summed E-state index contributed by atoms with van der Waals surface area (Å²) in [6.07, 6.45) is -3.59. The highest BCUT2D eigenvalue weighted by molar-refractivity contribution is 7.54. The van der Waals surface area contributed by atoms with Gasteiger partial charge in [-0.2, -0.15) is 0 Å². The number of esters is 1. The van der Waals surface area contributed by atoms with E-state index in [0.717, 1.165) is 4.57 Å². The second-order valence-electron chi connectivity index (χ2n) is 8.70. The predicted molar refractivity (Wildman–Crippen MR) is 139 cm³/mol. The molecule has 0 radical (unpaired) electrons. The molecule has 2 heterocycles. The number of hydrogen-bond acceptors (Lipinski definition) is 11. The van der Waals surface area contributed by atoms with Gasteiger partial charge in [0.25, 0.3) is 5.56 Å². The van der Waals surface area contributed by atoms with Gasteiger partial charge in [0, 0.05) is 25.3 Å². The number of aryl methyl sites for hydroxylation is 1. The molecule has 14 heteroatoms. The average molecular weight is 571 g/mol. The lowest BCUT2D eigenvalue weighted by atomic mass is 10.1. The number of aliphatic hydroxyl groups excluding tert-OH is 1. The highest BCUT2D eigenvalue weighted by Crippen LogP contribution is 2.54. The fraction of sp³-hybridized carbons (Fsp3) is 0.560. The second kappa shape index (κ2) is 14.1. The zero-order valence-corrected chi connectivity index (χ0v) is 23.2. The van der Waals surface area contributed by atoms with Crippen LogP contribution in [0, 0.1) is 6.92 Å². The number of aromatic amines is 1. The molecule has 2 N–H and O–H groups in total. The molecule has 216 valence electrons. The summed E-state index contributed by atoms with van der Waals surface area (Å²) < 4.78 is 47.9. The number of methoxy groups -OCH3 is 1. The van der Waals surface area contributed by atoms with Crippen molar-refractivity contribution in [2.75, 3.05) is 33.5 Å². The lowest BCUT2D eigenvalue weighted by molar-refractivity contribution is -0.0826. The van der Waals surface area contributed by atoms with Crippen LogP contribution in [0.5, 0.6) is 0 Å². The van der Waals surface area contributed by atoms with Crippen LogP contribution >= 0.6 is 7.60 Å². The third-order valence-electron chi connectivity index (χ3n) is 5.98. The zero-order chi connectivity index (χ0) is 28.6. The van der Waals surface area contributed by atoms with E-state index < -0.39 is 55.2 Å². The van der Waals surface area contributed by atoms with E-state index in [1.54, 1.807) is 44.2 Å². The van der Waals surface area contributed by atoms with E-state index in [1.165, 1.54) is 20.2 Å². The standard InChI is InChI=1S/C25H35N2O11P/c1-5-35-39(32,36-6-2)19(28)14-18-20(38-24(30)17-10-8-7-9-11-17)21(34-13-12-33-4)23(37-18)27-15-16(3)22(29)26-25(27)31/h7-11,15,18-21,23,28H,5-6,12-14H2,1-4H3,(H,26,29,31)/t18?,19?,20-,21-,23-/m1/s1. The Balaban J connectivity index is 2.03. The van der Waals surface area contributed by atoms with Crippen molar-refractivity contribution in [3.05, 3.63) is 68.5 Å². The van der Waals surface area contributed by atoms with Gasteiger partial charge in [0.05, 0.1) is 32.0 Å². The highest BCUT2D eigenvalue weighted by Gasteiger charge is 2.51. The fourth-order valence-corrected chi connectivity index (χ4v) is 5.76. The number of benzene rings is 1. The first-order valence-electron chi connectivity index (χ1n) is 12.6. The molecule has 13 nitrogen and oxygen atoms in total. The summed E-state index contributed by atoms with van der Waals surface area (Å²) in [5, 5.41) is 10.9. The molecule has 0 amide bonds. The first kappa shape index (κ1) is 30.9. The third kappa shape index (κ3) is 7.52. The summed E-state index contributed by atoms with van der Waals surface area (Å²) >= 11 is 0. The molecule has 1 aromatic carbocycles. The van der Waals surface area contributed by atoms with Crippen molar-refractivity contribution >= 4 is 13.6 Å². The van der Waals surface area contributed by atoms with Gasteiger partial charge in [-0.15, -0.1) is 0 Å². The number of nitrogens with zero attached hydrogens (tertiary/aromatic N) is 1. The van der Waals surface area contributed by atoms with E-state index in [4.69, 9.17) is 28.0 Å². The van der Waals surface area contributed by atoms with Gasteiger partial charge in [-0.25, -0.2) is 9.59 Å². The number of carbonyl (C=O) groups excluding carboxylic acids is 1. The number of rotatable bonds is 14. The topological polar surface area (TPSA) is 165 Å². The van der Waals surface area contributed by atoms with Crippen molar-refractivity contribution < 1.29 is 42.5 Å². The normalized spacial score (nSPS) is 22.1. The summed E-state index contributed by atoms with van der Waals surface area (Å²) in [4.78, 5) is 40.1. The van der Waals surface area contributed by atoms with Gasteiger partial charge in [0.15, 0.2) is 18.2 Å². The van der Waals surface area contributed by atoms with Gasteiger partial charge in [-0.3, -0.25) is 18.9 Å². The maximum Gasteiger partial charge on any atom is 0.358 e. The smallest absolute Gasteiger partial charge is 0.358 e. The first-order valence-corrected chi connectivity index (χ1v) is 14.2. The Hall–Kier alpha value is -2.64. The molecule has 5 atom stereocenters. The van der Waals surface area contributed by atoms with Gasteiger partial charge >= 0.3 is 19.3 Å². The van der Waals surface area contributed by atoms with Crippen molar-refractivity contribution in [2.24, 2.45) is 0 Å². The lowest BCUT2D eigenvalue weighted by Gasteiger charge is -2.27. The van der Waals surface area contributed by atoms with Crippen LogP contribution in [0.15, 0.2) is 46.1 Å². The second-order valence-corrected chi connectivity index (χ2v) is 10.9. The first-order chi connectivity index (χ1) is 18.6. The van der Waals surface area contributed by atoms with Crippen LogP contribution < -0.4 is 11.2 Å². The molecule has 1 saturated heterocycles. The Morgan fingerprint density at radius 3 is 2.41 bits per heavy atom. The third-order valence-corrected chi connectivity index (χ3v) is 8.16. The molecule has 1 aliphatic rings. The summed E-state index contributed by atoms with van der Waals surface area (Å²) in [6.45, 7) is 4.99. The van der Waals surface area contributed by atoms with Crippen LogP contribution in [0.3, 0.4) is 0 Å². The summed E-state index contributed by atoms with van der Waals surface area (Å²) in [7, 11) is -2.51. The van der Waals surface area contributed by atoms with Crippen LogP contribution in [0.2, 0.25) is 0 Å². The van der Waals surface area contributed by atoms with E-state index in [9.17, 15) is 24.1 Å². The molecule has 1 aliphatic heterocycles. The maximum atomic E-state index is 13.2. The molecule has 0 bridgehead atoms. The molecule has 2 aromatic rings. The summed E-state index contributed by atoms with van der Waals surface area (Å²) in [5.74, 6) is -2.35. The van der Waals surface area contributed by atoms with E-state index in [1.807, 2.05) is 0 Å². The molecular weight excluding hydrogens is 535 g/mol. The van der Waals surface area contributed by atoms with E-state index >= 15 is 0 Å². The number of aromatic nitrogens is 2. The molecule has 0 spiro atoms. The minimum absolute atomic E-state index is 0.0176. The van der Waals surface area contributed by atoms with Gasteiger partial charge in [-0.1, -0.05) is 18.2 Å². The number of ether oxygens (including phenoxy) is 4. The molecule has 2 unspecified atom stereocenters. The Labute approximate surface area is 225 Å². The maximum absolute atomic E-state index is 13.2. The molecule has 3 rings (SSSR count). The van der Waals surface area contributed by atoms with Gasteiger partial charge in [0.2, 0.25) is 0 Å². The lowest BCUT2D eigenvalue weighted by Crippen LogP contribution is -2.42. The molecule has 0 aliphatic carbocycles. The quantitative estimate of drug-likeness (QED) is 0.194. The summed E-state index contributed by atoms with van der Waals surface area (Å²) in [6, 6.07) is 8.21. The molecular formula is C25H35N2O11P. The number of H-pyrrole nitrogens is 1. The van der Waals surface area contributed by atoms with Crippen LogP contribution in [-0.4, -0.2) is 78.3 Å². The average Bonchev–Trinajstić information content (AvgIpc) is 3.23. The minimum Gasteiger partial charge on any atom is -0.453 e. The number of carbonyl (C=O) groups is 1. The number of nitrogens with one attached hydrogen (secondary N) is 1. The van der Waals surface area contributed by atoms with Crippen LogP contribution in [0.25, 0.3) is 0 Å². The Bertz CT molecular complexity index is 1240. The SMILES string of the molecule is CCOP(=O)(OCC)C(O)CC1O[C@@H](n2cc(C)c(=O)[nH]c2=O)[C@H](OCCOC)[C@@H]1OC(=O)c1ccccc1. The number of hydrogen-bond donors (Lipinski definition) is 2. The van der Waals surface area contributed by atoms with Crippen molar-refractivity contribution in [1.82, 2.24) is 9.55 Å². The predicted octanol–water partition coefficient (Wildman–Crippen LogP) is 1.97. The summed E-state index contributed by atoms with van der Waals surface area (Å²) in [5.41, 5.74) is -0.867. The zero-order valence-electron chi connectivity index (χ0n) is 22.3. The van der Waals surface area contributed by atoms with Gasteiger partial charge in [-0.05, 0) is 32.9 Å². The van der Waals surface area contributed by atoms with Crippen LogP contribution in [0.4, 0.5) is 0 Å². The van der Waals surface area contributed by atoms with E-state index in [0.29, 0.717) is 0 Å². The number of aliphatic hydroxyl groups is 1. The molecule has 1 fully saturated rings. The molecule has 39 heavy (non-hydrogen) atoms. The molecule has 1 aromatic heterocycles. The van der Waals surface area contributed by atoms with E-state index in [2.05, 4.69) is 4.98 Å². The Morgan fingerprint density at radius 1 is 1.13 bits per heavy atom. The van der Waals surface area contributed by atoms with E-state index in [-0.39, 0.29) is 44.0 Å². The monoisotopic (exact) mass is 570 g/mol. The van der Waals surface area contributed by atoms with Crippen molar-refractivity contribution in [3.63, 3.8) is 0 Å². The van der Waals surface area contributed by atoms with Crippen molar-refractivity contribution in [3.8, 4) is 0 Å². The highest BCUT2D eigenvalue weighted by atomic mass is 31.2.